The Kier molecular flexibility index (Phi) is 6.42. The van der Waals surface area contributed by atoms with E-state index < -0.39 is 0 Å². The molecule has 0 aromatic carbocycles. The van der Waals surface area contributed by atoms with Crippen molar-refractivity contribution in [2.45, 2.75) is 40.3 Å². The summed E-state index contributed by atoms with van der Waals surface area (Å²) in [5, 5.41) is 3.56. The maximum atomic E-state index is 13.2. The van der Waals surface area contributed by atoms with Gasteiger partial charge in [-0.05, 0) is 57.0 Å². The lowest BCUT2D eigenvalue weighted by atomic mass is 10.0. The van der Waals surface area contributed by atoms with Crippen molar-refractivity contribution in [3.8, 4) is 0 Å². The number of ether oxygens (including phenoxy) is 1. The summed E-state index contributed by atoms with van der Waals surface area (Å²) < 4.78 is 7.58. The molecule has 3 aromatic heterocycles. The lowest BCUT2D eigenvalue weighted by molar-refractivity contribution is 0.0187. The van der Waals surface area contributed by atoms with E-state index in [9.17, 15) is 9.59 Å². The molecule has 1 amide bonds. The fourth-order valence-electron chi connectivity index (χ4n) is 4.59. The van der Waals surface area contributed by atoms with Gasteiger partial charge in [0.2, 0.25) is 0 Å². The Bertz CT molecular complexity index is 1220. The van der Waals surface area contributed by atoms with Gasteiger partial charge in [-0.3, -0.25) is 14.5 Å². The van der Waals surface area contributed by atoms with Gasteiger partial charge in [-0.1, -0.05) is 11.6 Å². The average molecular weight is 457 g/mol. The quantitative estimate of drug-likeness (QED) is 0.615. The third kappa shape index (κ3) is 4.33. The van der Waals surface area contributed by atoms with Gasteiger partial charge < -0.3 is 19.4 Å². The summed E-state index contributed by atoms with van der Waals surface area (Å²) in [7, 11) is 0. The van der Waals surface area contributed by atoms with E-state index in [1.165, 1.54) is 0 Å². The number of carbonyl (C=O) groups is 1. The van der Waals surface area contributed by atoms with E-state index in [0.29, 0.717) is 29.4 Å². The van der Waals surface area contributed by atoms with E-state index in [2.05, 4.69) is 26.5 Å². The van der Waals surface area contributed by atoms with Crippen molar-refractivity contribution < 1.29 is 9.53 Å². The highest BCUT2D eigenvalue weighted by molar-refractivity contribution is 6.31. The molecule has 2 N–H and O–H groups in total. The van der Waals surface area contributed by atoms with Crippen molar-refractivity contribution in [2.75, 3.05) is 26.3 Å². The molecule has 0 spiro atoms. The summed E-state index contributed by atoms with van der Waals surface area (Å²) in [4.78, 5) is 30.7. The Morgan fingerprint density at radius 3 is 2.62 bits per heavy atom. The Morgan fingerprint density at radius 1 is 1.22 bits per heavy atom. The molecule has 1 unspecified atom stereocenters. The number of rotatable bonds is 5. The SMILES string of the molecule is Cc1cc(C)c(CNC(=O)c2cc3cc(Cl)cn3c(C(C)N3CCOCC3)c2C)c(=O)[nH]1. The maximum absolute atomic E-state index is 13.2. The number of hydrogen-bond acceptors (Lipinski definition) is 4. The molecule has 1 saturated heterocycles. The molecule has 3 aromatic rings. The standard InChI is InChI=1S/C24H29ClN4O3/c1-14-9-15(2)27-24(31)21(14)12-26-23(30)20-11-19-10-18(25)13-29(19)22(16(20)3)17(4)28-5-7-32-8-6-28/h9-11,13,17H,5-8,12H2,1-4H3,(H,26,30)(H,27,31). The zero-order chi connectivity index (χ0) is 23.0. The second-order valence-electron chi connectivity index (χ2n) is 8.47. The van der Waals surface area contributed by atoms with Gasteiger partial charge >= 0.3 is 0 Å². The molecule has 4 heterocycles. The fraction of sp³-hybridized carbons (Fsp3) is 0.417. The normalized spacial score (nSPS) is 15.8. The predicted molar refractivity (Wildman–Crippen MR) is 126 cm³/mol. The van der Waals surface area contributed by atoms with Gasteiger partial charge in [0.15, 0.2) is 0 Å². The monoisotopic (exact) mass is 456 g/mol. The molecule has 0 aliphatic carbocycles. The number of H-pyrrole nitrogens is 1. The number of aromatic nitrogens is 2. The number of amides is 1. The summed E-state index contributed by atoms with van der Waals surface area (Å²) >= 11 is 6.33. The van der Waals surface area contributed by atoms with E-state index >= 15 is 0 Å². The van der Waals surface area contributed by atoms with Crippen molar-refractivity contribution >= 4 is 23.0 Å². The molecule has 1 aliphatic heterocycles. The molecule has 1 aliphatic rings. The highest BCUT2D eigenvalue weighted by atomic mass is 35.5. The van der Waals surface area contributed by atoms with Gasteiger partial charge in [-0.25, -0.2) is 0 Å². The average Bonchev–Trinajstić information content (AvgIpc) is 3.12. The van der Waals surface area contributed by atoms with Crippen molar-refractivity contribution in [3.05, 3.63) is 73.4 Å². The Balaban J connectivity index is 1.69. The minimum Gasteiger partial charge on any atom is -0.379 e. The van der Waals surface area contributed by atoms with Crippen LogP contribution in [0.1, 0.15) is 51.4 Å². The first-order valence-electron chi connectivity index (χ1n) is 10.9. The molecule has 0 saturated carbocycles. The van der Waals surface area contributed by atoms with Gasteiger partial charge in [-0.2, -0.15) is 0 Å². The Labute approximate surface area is 192 Å². The third-order valence-corrected chi connectivity index (χ3v) is 6.52. The van der Waals surface area contributed by atoms with Crippen molar-refractivity contribution in [1.82, 2.24) is 19.6 Å². The molecule has 1 fully saturated rings. The summed E-state index contributed by atoms with van der Waals surface area (Å²) in [6.45, 7) is 11.1. The van der Waals surface area contributed by atoms with Crippen molar-refractivity contribution in [2.24, 2.45) is 0 Å². The maximum Gasteiger partial charge on any atom is 0.253 e. The van der Waals surface area contributed by atoms with Gasteiger partial charge in [0.05, 0.1) is 18.2 Å². The van der Waals surface area contributed by atoms with E-state index in [-0.39, 0.29) is 24.1 Å². The number of carbonyl (C=O) groups excluding carboxylic acids is 1. The zero-order valence-electron chi connectivity index (χ0n) is 18.9. The van der Waals surface area contributed by atoms with E-state index in [1.807, 2.05) is 45.2 Å². The van der Waals surface area contributed by atoms with Crippen molar-refractivity contribution in [1.29, 1.82) is 0 Å². The lowest BCUT2D eigenvalue weighted by Crippen LogP contribution is -2.39. The van der Waals surface area contributed by atoms with Crippen LogP contribution in [0.3, 0.4) is 0 Å². The molecule has 1 atom stereocenters. The molecule has 4 rings (SSSR count). The van der Waals surface area contributed by atoms with Crippen molar-refractivity contribution in [3.63, 3.8) is 0 Å². The molecule has 170 valence electrons. The number of nitrogens with zero attached hydrogens (tertiary/aromatic N) is 2. The summed E-state index contributed by atoms with van der Waals surface area (Å²) in [6.07, 6.45) is 1.90. The van der Waals surface area contributed by atoms with Gasteiger partial charge in [0.25, 0.3) is 11.5 Å². The summed E-state index contributed by atoms with van der Waals surface area (Å²) in [5.41, 5.74) is 5.44. The van der Waals surface area contributed by atoms with Crippen LogP contribution in [0.4, 0.5) is 0 Å². The van der Waals surface area contributed by atoms with E-state index in [1.54, 1.807) is 0 Å². The summed E-state index contributed by atoms with van der Waals surface area (Å²) in [5.74, 6) is -0.211. The Hall–Kier alpha value is -2.61. The van der Waals surface area contributed by atoms with Gasteiger partial charge in [0, 0.05) is 59.9 Å². The first-order valence-corrected chi connectivity index (χ1v) is 11.2. The molecule has 7 nitrogen and oxygen atoms in total. The molecular weight excluding hydrogens is 428 g/mol. The Morgan fingerprint density at radius 2 is 1.94 bits per heavy atom. The van der Waals surface area contributed by atoms with E-state index in [0.717, 1.165) is 41.1 Å². The number of nitrogens with one attached hydrogen (secondary N) is 2. The number of pyridine rings is 2. The number of aryl methyl sites for hydroxylation is 2. The zero-order valence-corrected chi connectivity index (χ0v) is 19.7. The van der Waals surface area contributed by atoms with Crippen LogP contribution in [0.2, 0.25) is 5.02 Å². The molecule has 0 bridgehead atoms. The van der Waals surface area contributed by atoms with Gasteiger partial charge in [0.1, 0.15) is 0 Å². The smallest absolute Gasteiger partial charge is 0.253 e. The molecule has 32 heavy (non-hydrogen) atoms. The van der Waals surface area contributed by atoms with Crippen LogP contribution in [0.25, 0.3) is 5.52 Å². The fourth-order valence-corrected chi connectivity index (χ4v) is 4.80. The second-order valence-corrected chi connectivity index (χ2v) is 8.91. The minimum atomic E-state index is -0.211. The number of fused-ring (bicyclic) bond motifs is 1. The van der Waals surface area contributed by atoms with Crippen LogP contribution in [-0.4, -0.2) is 46.5 Å². The largest absolute Gasteiger partial charge is 0.379 e. The number of hydrogen-bond donors (Lipinski definition) is 2. The lowest BCUT2D eigenvalue weighted by Gasteiger charge is -2.34. The van der Waals surface area contributed by atoms with Crippen LogP contribution < -0.4 is 10.9 Å². The second kappa shape index (κ2) is 9.10. The number of aromatic amines is 1. The minimum absolute atomic E-state index is 0.0832. The molecule has 0 radical (unpaired) electrons. The van der Waals surface area contributed by atoms with Crippen LogP contribution >= 0.6 is 11.6 Å². The topological polar surface area (TPSA) is 78.8 Å². The van der Waals surface area contributed by atoms with Crippen LogP contribution in [0.15, 0.2) is 29.2 Å². The van der Waals surface area contributed by atoms with Crippen LogP contribution in [0.5, 0.6) is 0 Å². The number of halogens is 1. The molecule has 8 heteroatoms. The molecular formula is C24H29ClN4O3. The van der Waals surface area contributed by atoms with Gasteiger partial charge in [-0.15, -0.1) is 0 Å². The highest BCUT2D eigenvalue weighted by Gasteiger charge is 2.25. The first kappa shape index (κ1) is 22.6. The first-order chi connectivity index (χ1) is 15.3. The van der Waals surface area contributed by atoms with E-state index in [4.69, 9.17) is 16.3 Å². The number of morpholine rings is 1. The van der Waals surface area contributed by atoms with Crippen LogP contribution in [0, 0.1) is 20.8 Å². The predicted octanol–water partition coefficient (Wildman–Crippen LogP) is 3.53. The van der Waals surface area contributed by atoms with Crippen LogP contribution in [-0.2, 0) is 11.3 Å². The third-order valence-electron chi connectivity index (χ3n) is 6.31. The highest BCUT2D eigenvalue weighted by Crippen LogP contribution is 2.30. The summed E-state index contributed by atoms with van der Waals surface area (Å²) in [6, 6.07) is 5.71.